The van der Waals surface area contributed by atoms with Crippen molar-refractivity contribution in [1.82, 2.24) is 14.3 Å². The van der Waals surface area contributed by atoms with Crippen LogP contribution in [0.1, 0.15) is 18.1 Å². The van der Waals surface area contributed by atoms with Crippen LogP contribution in [-0.2, 0) is 23.0 Å². The minimum absolute atomic E-state index is 0.00442. The van der Waals surface area contributed by atoms with Crippen molar-refractivity contribution in [2.45, 2.75) is 24.8 Å². The lowest BCUT2D eigenvalue weighted by Crippen LogP contribution is -2.27. The van der Waals surface area contributed by atoms with E-state index in [1.165, 1.54) is 35.1 Å². The van der Waals surface area contributed by atoms with E-state index < -0.39 is 21.3 Å². The first-order valence-corrected chi connectivity index (χ1v) is 9.56. The van der Waals surface area contributed by atoms with Crippen LogP contribution >= 0.6 is 0 Å². The van der Waals surface area contributed by atoms with Crippen LogP contribution in [-0.4, -0.2) is 29.7 Å². The summed E-state index contributed by atoms with van der Waals surface area (Å²) in [5, 5.41) is 0.117. The summed E-state index contributed by atoms with van der Waals surface area (Å²) in [6.45, 7) is 2.27. The third kappa shape index (κ3) is 3.47. The maximum atomic E-state index is 12.8. The number of hydrogen-bond donors (Lipinski definition) is 2. The third-order valence-corrected chi connectivity index (χ3v) is 6.05. The monoisotopic (exact) mass is 373 g/mol. The number of benzene rings is 2. The van der Waals surface area contributed by atoms with Gasteiger partial charge in [0.2, 0.25) is 10.0 Å². The summed E-state index contributed by atoms with van der Waals surface area (Å²) < 4.78 is 26.9. The molecule has 0 saturated carbocycles. The van der Waals surface area contributed by atoms with Crippen LogP contribution in [0.15, 0.2) is 56.9 Å². The van der Waals surface area contributed by atoms with Gasteiger partial charge in [-0.3, -0.25) is 9.78 Å². The van der Waals surface area contributed by atoms with Crippen LogP contribution in [0.3, 0.4) is 0 Å². The lowest BCUT2D eigenvalue weighted by Gasteiger charge is -2.17. The molecule has 0 bridgehead atoms. The molecule has 1 aromatic heterocycles. The number of fused-ring (bicyclic) bond motifs is 1. The van der Waals surface area contributed by atoms with Crippen LogP contribution in [0.25, 0.3) is 10.9 Å². The van der Waals surface area contributed by atoms with E-state index in [0.717, 1.165) is 12.0 Å². The number of hydrogen-bond acceptors (Lipinski definition) is 4. The average molecular weight is 373 g/mol. The highest BCUT2D eigenvalue weighted by molar-refractivity contribution is 7.89. The summed E-state index contributed by atoms with van der Waals surface area (Å²) in [7, 11) is -2.29. The highest BCUT2D eigenvalue weighted by Gasteiger charge is 2.21. The van der Waals surface area contributed by atoms with Crippen molar-refractivity contribution in [3.05, 3.63) is 74.4 Å². The van der Waals surface area contributed by atoms with Crippen molar-refractivity contribution < 1.29 is 8.42 Å². The molecule has 0 spiro atoms. The van der Waals surface area contributed by atoms with Crippen LogP contribution in [0.5, 0.6) is 0 Å². The molecule has 0 aliphatic carbocycles. The molecule has 0 amide bonds. The van der Waals surface area contributed by atoms with Gasteiger partial charge in [0.15, 0.2) is 0 Å². The van der Waals surface area contributed by atoms with Gasteiger partial charge in [-0.25, -0.2) is 13.2 Å². The maximum Gasteiger partial charge on any atom is 0.326 e. The lowest BCUT2D eigenvalue weighted by atomic mass is 10.1. The molecule has 2 aromatic carbocycles. The summed E-state index contributed by atoms with van der Waals surface area (Å²) in [5.41, 5.74) is 1.08. The van der Waals surface area contributed by atoms with E-state index in [1.54, 1.807) is 0 Å². The fourth-order valence-electron chi connectivity index (χ4n) is 2.71. The summed E-state index contributed by atoms with van der Waals surface area (Å²) in [4.78, 5) is 27.8. The lowest BCUT2D eigenvalue weighted by molar-refractivity contribution is 0.467. The Kier molecular flexibility index (Phi) is 4.80. The zero-order valence-electron chi connectivity index (χ0n) is 14.4. The Morgan fingerprint density at radius 1 is 0.962 bits per heavy atom. The Hall–Kier alpha value is -2.71. The number of H-pyrrole nitrogens is 2. The highest BCUT2D eigenvalue weighted by atomic mass is 32.2. The van der Waals surface area contributed by atoms with Crippen molar-refractivity contribution in [1.29, 1.82) is 0 Å². The van der Waals surface area contributed by atoms with Crippen molar-refractivity contribution in [3.8, 4) is 0 Å². The summed E-state index contributed by atoms with van der Waals surface area (Å²) >= 11 is 0. The van der Waals surface area contributed by atoms with E-state index in [0.29, 0.717) is 0 Å². The number of nitrogens with zero attached hydrogens (tertiary/aromatic N) is 1. The standard InChI is InChI=1S/C18H19N3O4S/c1-3-12-4-6-13(7-5-12)11-21(2)26(24,25)14-8-9-16-15(10-14)17(22)20-18(23)19-16/h4-10H,3,11H2,1-2H3,(H2,19,20,22,23). The molecule has 0 atom stereocenters. The quantitative estimate of drug-likeness (QED) is 0.709. The Bertz CT molecular complexity index is 1160. The molecule has 136 valence electrons. The van der Waals surface area contributed by atoms with Gasteiger partial charge in [-0.2, -0.15) is 4.31 Å². The smallest absolute Gasteiger partial charge is 0.307 e. The van der Waals surface area contributed by atoms with E-state index >= 15 is 0 Å². The number of aromatic nitrogens is 2. The van der Waals surface area contributed by atoms with E-state index in [1.807, 2.05) is 24.3 Å². The zero-order valence-corrected chi connectivity index (χ0v) is 15.3. The second kappa shape index (κ2) is 6.89. The first-order chi connectivity index (χ1) is 12.3. The largest absolute Gasteiger partial charge is 0.326 e. The van der Waals surface area contributed by atoms with Gasteiger partial charge in [-0.05, 0) is 35.7 Å². The molecule has 1 heterocycles. The molecule has 0 saturated heterocycles. The molecular weight excluding hydrogens is 354 g/mol. The predicted molar refractivity (Wildman–Crippen MR) is 99.7 cm³/mol. The van der Waals surface area contributed by atoms with Crippen LogP contribution in [0.4, 0.5) is 0 Å². The minimum Gasteiger partial charge on any atom is -0.307 e. The van der Waals surface area contributed by atoms with Crippen molar-refractivity contribution in [2.75, 3.05) is 7.05 Å². The maximum absolute atomic E-state index is 12.8. The van der Waals surface area contributed by atoms with E-state index in [-0.39, 0.29) is 22.3 Å². The molecule has 8 heteroatoms. The zero-order chi connectivity index (χ0) is 18.9. The Morgan fingerprint density at radius 3 is 2.27 bits per heavy atom. The fourth-order valence-corrected chi connectivity index (χ4v) is 3.89. The normalized spacial score (nSPS) is 12.0. The SMILES string of the molecule is CCc1ccc(CN(C)S(=O)(=O)c2ccc3[nH]c(=O)[nH]c(=O)c3c2)cc1. The first kappa shape index (κ1) is 18.1. The average Bonchev–Trinajstić information content (AvgIpc) is 2.61. The molecule has 0 aliphatic rings. The Balaban J connectivity index is 1.94. The van der Waals surface area contributed by atoms with Gasteiger partial charge >= 0.3 is 5.69 Å². The van der Waals surface area contributed by atoms with Gasteiger partial charge in [0, 0.05) is 13.6 Å². The molecule has 0 unspecified atom stereocenters. The Morgan fingerprint density at radius 2 is 1.62 bits per heavy atom. The van der Waals surface area contributed by atoms with Crippen LogP contribution < -0.4 is 11.2 Å². The number of aromatic amines is 2. The molecule has 26 heavy (non-hydrogen) atoms. The number of aryl methyl sites for hydroxylation is 1. The van der Waals surface area contributed by atoms with Crippen molar-refractivity contribution >= 4 is 20.9 Å². The summed E-state index contributed by atoms with van der Waals surface area (Å²) in [6, 6.07) is 11.8. The molecule has 3 aromatic rings. The highest BCUT2D eigenvalue weighted by Crippen LogP contribution is 2.19. The van der Waals surface area contributed by atoms with E-state index in [9.17, 15) is 18.0 Å². The number of nitrogens with one attached hydrogen (secondary N) is 2. The van der Waals surface area contributed by atoms with Crippen LogP contribution in [0, 0.1) is 0 Å². The molecule has 2 N–H and O–H groups in total. The first-order valence-electron chi connectivity index (χ1n) is 8.12. The third-order valence-electron chi connectivity index (χ3n) is 4.26. The predicted octanol–water partition coefficient (Wildman–Crippen LogP) is 1.60. The van der Waals surface area contributed by atoms with Gasteiger partial charge in [0.05, 0.1) is 15.8 Å². The second-order valence-electron chi connectivity index (χ2n) is 6.05. The van der Waals surface area contributed by atoms with Gasteiger partial charge < -0.3 is 4.98 Å². The number of rotatable bonds is 5. The van der Waals surface area contributed by atoms with Crippen LogP contribution in [0.2, 0.25) is 0 Å². The molecule has 0 radical (unpaired) electrons. The molecular formula is C18H19N3O4S. The van der Waals surface area contributed by atoms with E-state index in [4.69, 9.17) is 0 Å². The number of sulfonamides is 1. The van der Waals surface area contributed by atoms with E-state index in [2.05, 4.69) is 16.9 Å². The molecule has 3 rings (SSSR count). The summed E-state index contributed by atoms with van der Waals surface area (Å²) in [6.07, 6.45) is 0.919. The van der Waals surface area contributed by atoms with Gasteiger partial charge in [-0.15, -0.1) is 0 Å². The van der Waals surface area contributed by atoms with Gasteiger partial charge in [0.25, 0.3) is 5.56 Å². The fraction of sp³-hybridized carbons (Fsp3) is 0.222. The topological polar surface area (TPSA) is 103 Å². The minimum atomic E-state index is -3.78. The van der Waals surface area contributed by atoms with Crippen molar-refractivity contribution in [3.63, 3.8) is 0 Å². The second-order valence-corrected chi connectivity index (χ2v) is 8.09. The molecule has 7 nitrogen and oxygen atoms in total. The summed E-state index contributed by atoms with van der Waals surface area (Å²) in [5.74, 6) is 0. The Labute approximate surface area is 150 Å². The molecule has 0 fully saturated rings. The molecule has 0 aliphatic heterocycles. The van der Waals surface area contributed by atoms with Crippen molar-refractivity contribution in [2.24, 2.45) is 0 Å². The van der Waals surface area contributed by atoms with Gasteiger partial charge in [-0.1, -0.05) is 31.2 Å². The van der Waals surface area contributed by atoms with Gasteiger partial charge in [0.1, 0.15) is 0 Å².